The van der Waals surface area contributed by atoms with Crippen LogP contribution in [0.25, 0.3) is 0 Å². The molecule has 0 aromatic heterocycles. The highest BCUT2D eigenvalue weighted by Crippen LogP contribution is 2.19. The van der Waals surface area contributed by atoms with Crippen molar-refractivity contribution in [3.05, 3.63) is 101 Å². The van der Waals surface area contributed by atoms with Gasteiger partial charge in [0.2, 0.25) is 17.7 Å². The SMILES string of the molecule is CCOc1ccc(C[C@@H](NC(=O)C(C)C)C(=O)N(C)C[C@H](C(=O)NCc2ccc(CN)cc2)c2ccccc2)cc1. The molecule has 8 heteroatoms. The Morgan fingerprint density at radius 1 is 0.854 bits per heavy atom. The highest BCUT2D eigenvalue weighted by molar-refractivity contribution is 5.89. The largest absolute Gasteiger partial charge is 0.494 e. The molecule has 3 aromatic rings. The topological polar surface area (TPSA) is 114 Å². The summed E-state index contributed by atoms with van der Waals surface area (Å²) in [7, 11) is 1.67. The summed E-state index contributed by atoms with van der Waals surface area (Å²) in [6, 6.07) is 23.9. The molecule has 4 N–H and O–H groups in total. The van der Waals surface area contributed by atoms with Gasteiger partial charge in [-0.25, -0.2) is 0 Å². The van der Waals surface area contributed by atoms with Gasteiger partial charge < -0.3 is 26.0 Å². The predicted molar refractivity (Wildman–Crippen MR) is 161 cm³/mol. The Morgan fingerprint density at radius 3 is 2.05 bits per heavy atom. The van der Waals surface area contributed by atoms with Crippen LogP contribution >= 0.6 is 0 Å². The van der Waals surface area contributed by atoms with Gasteiger partial charge >= 0.3 is 0 Å². The molecule has 41 heavy (non-hydrogen) atoms. The fourth-order valence-corrected chi connectivity index (χ4v) is 4.42. The number of likely N-dealkylation sites (N-methyl/N-ethyl adjacent to an activating group) is 1. The van der Waals surface area contributed by atoms with Crippen LogP contribution < -0.4 is 21.1 Å². The van der Waals surface area contributed by atoms with Crippen molar-refractivity contribution in [2.24, 2.45) is 11.7 Å². The maximum atomic E-state index is 13.7. The number of amides is 3. The van der Waals surface area contributed by atoms with Gasteiger partial charge in [-0.05, 0) is 41.3 Å². The number of rotatable bonds is 14. The first-order valence-electron chi connectivity index (χ1n) is 14.1. The van der Waals surface area contributed by atoms with Gasteiger partial charge in [-0.2, -0.15) is 0 Å². The van der Waals surface area contributed by atoms with E-state index >= 15 is 0 Å². The van der Waals surface area contributed by atoms with E-state index in [4.69, 9.17) is 10.5 Å². The Morgan fingerprint density at radius 2 is 1.46 bits per heavy atom. The molecule has 3 rings (SSSR count). The molecule has 0 saturated heterocycles. The summed E-state index contributed by atoms with van der Waals surface area (Å²) < 4.78 is 5.53. The molecule has 0 aliphatic carbocycles. The Bertz CT molecular complexity index is 1260. The average molecular weight is 559 g/mol. The van der Waals surface area contributed by atoms with Gasteiger partial charge in [0.15, 0.2) is 0 Å². The minimum Gasteiger partial charge on any atom is -0.494 e. The molecule has 0 bridgehead atoms. The molecule has 218 valence electrons. The smallest absolute Gasteiger partial charge is 0.245 e. The summed E-state index contributed by atoms with van der Waals surface area (Å²) in [6.07, 6.45) is 0.315. The molecule has 0 aliphatic rings. The normalized spacial score (nSPS) is 12.3. The molecule has 0 radical (unpaired) electrons. The second-order valence-corrected chi connectivity index (χ2v) is 10.4. The molecular formula is C33H42N4O4. The van der Waals surface area contributed by atoms with Crippen molar-refractivity contribution in [2.45, 2.75) is 52.2 Å². The third-order valence-corrected chi connectivity index (χ3v) is 6.89. The zero-order valence-corrected chi connectivity index (χ0v) is 24.4. The summed E-state index contributed by atoms with van der Waals surface area (Å²) in [5, 5.41) is 5.93. The molecular weight excluding hydrogens is 516 g/mol. The van der Waals surface area contributed by atoms with E-state index in [0.29, 0.717) is 26.1 Å². The first-order valence-corrected chi connectivity index (χ1v) is 14.1. The summed E-state index contributed by atoms with van der Waals surface area (Å²) >= 11 is 0. The number of carbonyl (C=O) groups excluding carboxylic acids is 3. The fourth-order valence-electron chi connectivity index (χ4n) is 4.42. The number of hydrogen-bond acceptors (Lipinski definition) is 5. The van der Waals surface area contributed by atoms with Gasteiger partial charge in [0, 0.05) is 39.0 Å². The van der Waals surface area contributed by atoms with Gasteiger partial charge in [-0.1, -0.05) is 80.6 Å². The molecule has 0 spiro atoms. The monoisotopic (exact) mass is 558 g/mol. The standard InChI is InChI=1S/C33H42N4O4/c1-5-41-28-17-15-24(16-18-28)19-30(36-31(38)23(2)3)33(40)37(4)22-29(27-9-7-6-8-10-27)32(39)35-21-26-13-11-25(20-34)12-14-26/h6-18,23,29-30H,5,19-22,34H2,1-4H3,(H,35,39)(H,36,38)/t29-,30+/m0/s1. The van der Waals surface area contributed by atoms with Crippen molar-refractivity contribution in [3.63, 3.8) is 0 Å². The zero-order valence-electron chi connectivity index (χ0n) is 24.4. The first-order chi connectivity index (χ1) is 19.7. The van der Waals surface area contributed by atoms with Gasteiger partial charge in [0.25, 0.3) is 0 Å². The van der Waals surface area contributed by atoms with E-state index in [1.165, 1.54) is 4.90 Å². The highest BCUT2D eigenvalue weighted by atomic mass is 16.5. The Hall–Kier alpha value is -4.17. The van der Waals surface area contributed by atoms with Crippen LogP contribution in [0.1, 0.15) is 48.9 Å². The van der Waals surface area contributed by atoms with E-state index < -0.39 is 12.0 Å². The number of ether oxygens (including phenoxy) is 1. The van der Waals surface area contributed by atoms with Crippen LogP contribution in [0.5, 0.6) is 5.75 Å². The lowest BCUT2D eigenvalue weighted by Crippen LogP contribution is -2.51. The van der Waals surface area contributed by atoms with Crippen molar-refractivity contribution in [3.8, 4) is 5.75 Å². The van der Waals surface area contributed by atoms with Crippen LogP contribution in [-0.2, 0) is 33.9 Å². The highest BCUT2D eigenvalue weighted by Gasteiger charge is 2.29. The maximum absolute atomic E-state index is 13.7. The molecule has 3 amide bonds. The van der Waals surface area contributed by atoms with E-state index in [0.717, 1.165) is 28.0 Å². The molecule has 0 aliphatic heterocycles. The molecule has 0 saturated carbocycles. The zero-order chi connectivity index (χ0) is 29.8. The maximum Gasteiger partial charge on any atom is 0.245 e. The molecule has 2 atom stereocenters. The molecule has 0 unspecified atom stereocenters. The van der Waals surface area contributed by atoms with E-state index in [1.54, 1.807) is 20.9 Å². The van der Waals surface area contributed by atoms with Crippen molar-refractivity contribution < 1.29 is 19.1 Å². The summed E-state index contributed by atoms with van der Waals surface area (Å²) in [6.45, 7) is 7.02. The quantitative estimate of drug-likeness (QED) is 0.279. The van der Waals surface area contributed by atoms with Crippen LogP contribution in [0.3, 0.4) is 0 Å². The van der Waals surface area contributed by atoms with Crippen molar-refractivity contribution in [1.29, 1.82) is 0 Å². The number of nitrogens with zero attached hydrogens (tertiary/aromatic N) is 1. The lowest BCUT2D eigenvalue weighted by Gasteiger charge is -2.28. The Kier molecular flexibility index (Phi) is 11.9. The van der Waals surface area contributed by atoms with E-state index in [1.807, 2.05) is 85.8 Å². The third-order valence-electron chi connectivity index (χ3n) is 6.89. The van der Waals surface area contributed by atoms with Crippen molar-refractivity contribution in [1.82, 2.24) is 15.5 Å². The number of nitrogens with two attached hydrogens (primary N) is 1. The Labute approximate surface area is 243 Å². The minimum atomic E-state index is -0.784. The van der Waals surface area contributed by atoms with Gasteiger partial charge in [0.05, 0.1) is 12.5 Å². The Balaban J connectivity index is 1.77. The number of carbonyl (C=O) groups is 3. The third kappa shape index (κ3) is 9.46. The van der Waals surface area contributed by atoms with Gasteiger partial charge in [0.1, 0.15) is 11.8 Å². The second kappa shape index (κ2) is 15.6. The lowest BCUT2D eigenvalue weighted by molar-refractivity contribution is -0.137. The van der Waals surface area contributed by atoms with E-state index in [9.17, 15) is 14.4 Å². The summed E-state index contributed by atoms with van der Waals surface area (Å²) in [5.41, 5.74) is 9.36. The molecule has 8 nitrogen and oxygen atoms in total. The summed E-state index contributed by atoms with van der Waals surface area (Å²) in [5.74, 6) is -0.791. The predicted octanol–water partition coefficient (Wildman–Crippen LogP) is 3.79. The van der Waals surface area contributed by atoms with Crippen LogP contribution in [0.2, 0.25) is 0 Å². The molecule has 3 aromatic carbocycles. The average Bonchev–Trinajstić information content (AvgIpc) is 2.99. The van der Waals surface area contributed by atoms with Gasteiger partial charge in [-0.3, -0.25) is 14.4 Å². The van der Waals surface area contributed by atoms with Crippen LogP contribution in [0.4, 0.5) is 0 Å². The second-order valence-electron chi connectivity index (χ2n) is 10.4. The molecule has 0 heterocycles. The van der Waals surface area contributed by atoms with Crippen molar-refractivity contribution >= 4 is 17.7 Å². The fraction of sp³-hybridized carbons (Fsp3) is 0.364. The van der Waals surface area contributed by atoms with Gasteiger partial charge in [-0.15, -0.1) is 0 Å². The lowest BCUT2D eigenvalue weighted by atomic mass is 9.96. The van der Waals surface area contributed by atoms with Crippen LogP contribution in [0, 0.1) is 5.92 Å². The summed E-state index contributed by atoms with van der Waals surface area (Å²) in [4.78, 5) is 41.4. The van der Waals surface area contributed by atoms with E-state index in [2.05, 4.69) is 10.6 Å². The number of nitrogens with one attached hydrogen (secondary N) is 2. The molecule has 0 fully saturated rings. The number of hydrogen-bond donors (Lipinski definition) is 3. The minimum absolute atomic E-state index is 0.151. The van der Waals surface area contributed by atoms with Crippen LogP contribution in [-0.4, -0.2) is 48.9 Å². The number of benzene rings is 3. The van der Waals surface area contributed by atoms with E-state index in [-0.39, 0.29) is 30.2 Å². The van der Waals surface area contributed by atoms with Crippen LogP contribution in [0.15, 0.2) is 78.9 Å². The van der Waals surface area contributed by atoms with Crippen molar-refractivity contribution in [2.75, 3.05) is 20.2 Å². The first kappa shape index (κ1) is 31.4.